The van der Waals surface area contributed by atoms with Crippen molar-refractivity contribution in [1.82, 2.24) is 5.32 Å². The van der Waals surface area contributed by atoms with E-state index in [1.54, 1.807) is 12.1 Å². The SMILES string of the molecule is O=C(NCc1cc(NC(=O)C2[C@@H](c3ccc(F)c(C(F)(F)F)c3)C2(Cl)Cl)ccc1Cl)C1CC1. The summed E-state index contributed by atoms with van der Waals surface area (Å²) in [7, 11) is 0. The maximum Gasteiger partial charge on any atom is 0.419 e. The van der Waals surface area contributed by atoms with Crippen LogP contribution in [0.3, 0.4) is 0 Å². The van der Waals surface area contributed by atoms with Gasteiger partial charge in [0.2, 0.25) is 11.8 Å². The summed E-state index contributed by atoms with van der Waals surface area (Å²) < 4.78 is 51.1. The lowest BCUT2D eigenvalue weighted by molar-refractivity contribution is -0.140. The topological polar surface area (TPSA) is 58.2 Å². The first kappa shape index (κ1) is 24.1. The highest BCUT2D eigenvalue weighted by Gasteiger charge is 2.67. The van der Waals surface area contributed by atoms with E-state index in [-0.39, 0.29) is 23.9 Å². The Balaban J connectivity index is 1.48. The van der Waals surface area contributed by atoms with Gasteiger partial charge < -0.3 is 10.6 Å². The van der Waals surface area contributed by atoms with Crippen LogP contribution in [0.4, 0.5) is 23.2 Å². The van der Waals surface area contributed by atoms with Crippen LogP contribution in [-0.2, 0) is 22.3 Å². The fourth-order valence-corrected chi connectivity index (χ4v) is 4.71. The third-order valence-electron chi connectivity index (χ3n) is 5.71. The zero-order valence-electron chi connectivity index (χ0n) is 16.8. The van der Waals surface area contributed by atoms with Gasteiger partial charge in [-0.15, -0.1) is 23.2 Å². The molecule has 0 bridgehead atoms. The van der Waals surface area contributed by atoms with Gasteiger partial charge in [-0.3, -0.25) is 9.59 Å². The van der Waals surface area contributed by atoms with Crippen molar-refractivity contribution in [3.63, 3.8) is 0 Å². The Morgan fingerprint density at radius 1 is 1.06 bits per heavy atom. The van der Waals surface area contributed by atoms with E-state index < -0.39 is 39.6 Å². The molecule has 2 fully saturated rings. The number of rotatable bonds is 6. The molecule has 33 heavy (non-hydrogen) atoms. The van der Waals surface area contributed by atoms with E-state index in [9.17, 15) is 27.2 Å². The van der Waals surface area contributed by atoms with Crippen molar-refractivity contribution >= 4 is 52.3 Å². The molecular weight excluding hydrogens is 507 g/mol. The third-order valence-corrected chi connectivity index (χ3v) is 7.01. The quantitative estimate of drug-likeness (QED) is 0.358. The molecule has 2 aliphatic rings. The highest BCUT2D eigenvalue weighted by molar-refractivity contribution is 6.53. The monoisotopic (exact) mass is 522 g/mol. The summed E-state index contributed by atoms with van der Waals surface area (Å²) in [6, 6.07) is 7.09. The van der Waals surface area contributed by atoms with E-state index >= 15 is 0 Å². The Labute approximate surface area is 201 Å². The lowest BCUT2D eigenvalue weighted by Gasteiger charge is -2.11. The molecule has 2 amide bonds. The van der Waals surface area contributed by atoms with Crippen LogP contribution in [0.15, 0.2) is 36.4 Å². The molecule has 2 aromatic rings. The zero-order valence-corrected chi connectivity index (χ0v) is 19.0. The van der Waals surface area contributed by atoms with Crippen molar-refractivity contribution in [3.8, 4) is 0 Å². The average molecular weight is 524 g/mol. The average Bonchev–Trinajstić information content (AvgIpc) is 3.63. The van der Waals surface area contributed by atoms with Crippen LogP contribution in [-0.4, -0.2) is 16.1 Å². The van der Waals surface area contributed by atoms with Crippen molar-refractivity contribution in [2.75, 3.05) is 5.32 Å². The van der Waals surface area contributed by atoms with E-state index in [2.05, 4.69) is 10.6 Å². The van der Waals surface area contributed by atoms with Gasteiger partial charge >= 0.3 is 6.18 Å². The van der Waals surface area contributed by atoms with Crippen LogP contribution in [0.1, 0.15) is 35.4 Å². The Bertz CT molecular complexity index is 1120. The standard InChI is InChI=1S/C22H17Cl3F4N2O2/c23-15-5-4-13(7-12(15)9-30-19(32)10-1-2-10)31-20(33)18-17(21(18,24)25)11-3-6-16(26)14(8-11)22(27,28)29/h3-8,10,17-18H,1-2,9H2,(H,30,32)(H,31,33)/t17-,18?/m1/s1. The molecule has 2 N–H and O–H groups in total. The van der Waals surface area contributed by atoms with E-state index in [1.165, 1.54) is 6.07 Å². The Morgan fingerprint density at radius 2 is 1.76 bits per heavy atom. The van der Waals surface area contributed by atoms with Gasteiger partial charge in [0.25, 0.3) is 0 Å². The number of carbonyl (C=O) groups is 2. The highest BCUT2D eigenvalue weighted by atomic mass is 35.5. The summed E-state index contributed by atoms with van der Waals surface area (Å²) >= 11 is 18.6. The zero-order chi connectivity index (χ0) is 24.1. The van der Waals surface area contributed by atoms with Crippen LogP contribution in [0.5, 0.6) is 0 Å². The normalized spacial score (nSPS) is 21.4. The largest absolute Gasteiger partial charge is 0.419 e. The molecule has 0 spiro atoms. The molecule has 1 unspecified atom stereocenters. The second kappa shape index (κ2) is 8.64. The number of benzene rings is 2. The van der Waals surface area contributed by atoms with Crippen LogP contribution in [0.2, 0.25) is 5.02 Å². The number of carbonyl (C=O) groups excluding carboxylic acids is 2. The molecule has 4 rings (SSSR count). The lowest BCUT2D eigenvalue weighted by atomic mass is 10.0. The van der Waals surface area contributed by atoms with Crippen LogP contribution >= 0.6 is 34.8 Å². The lowest BCUT2D eigenvalue weighted by Crippen LogP contribution is -2.24. The van der Waals surface area contributed by atoms with Gasteiger partial charge in [-0.1, -0.05) is 17.7 Å². The predicted octanol–water partition coefficient (Wildman–Crippen LogP) is 6.05. The fourth-order valence-electron chi connectivity index (χ4n) is 3.70. The Hall–Kier alpha value is -2.03. The van der Waals surface area contributed by atoms with E-state index in [0.717, 1.165) is 18.9 Å². The number of hydrogen-bond acceptors (Lipinski definition) is 2. The first-order chi connectivity index (χ1) is 15.4. The molecule has 4 nitrogen and oxygen atoms in total. The second-order valence-corrected chi connectivity index (χ2v) is 10.0. The molecule has 176 valence electrons. The van der Waals surface area contributed by atoms with Gasteiger partial charge in [0.15, 0.2) is 0 Å². The molecule has 2 aromatic carbocycles. The molecule has 0 saturated heterocycles. The number of halogens is 7. The first-order valence-electron chi connectivity index (χ1n) is 10.0. The van der Waals surface area contributed by atoms with E-state index in [1.807, 2.05) is 0 Å². The summed E-state index contributed by atoms with van der Waals surface area (Å²) in [5.74, 6) is -4.08. The van der Waals surface area contributed by atoms with Gasteiger partial charge in [-0.25, -0.2) is 4.39 Å². The van der Waals surface area contributed by atoms with Gasteiger partial charge in [-0.2, -0.15) is 13.2 Å². The Morgan fingerprint density at radius 3 is 2.39 bits per heavy atom. The maximum absolute atomic E-state index is 13.6. The fraction of sp³-hybridized carbons (Fsp3) is 0.364. The van der Waals surface area contributed by atoms with Crippen molar-refractivity contribution in [2.45, 2.75) is 35.8 Å². The molecule has 2 atom stereocenters. The van der Waals surface area contributed by atoms with Gasteiger partial charge in [-0.05, 0) is 54.3 Å². The minimum absolute atomic E-state index is 0.00783. The summed E-state index contributed by atoms with van der Waals surface area (Å²) in [6.07, 6.45) is -3.19. The number of amides is 2. The summed E-state index contributed by atoms with van der Waals surface area (Å²) in [6.45, 7) is 0.175. The van der Waals surface area contributed by atoms with Gasteiger partial charge in [0.05, 0.1) is 11.5 Å². The van der Waals surface area contributed by atoms with Gasteiger partial charge in [0.1, 0.15) is 10.2 Å². The second-order valence-electron chi connectivity index (χ2n) is 8.15. The van der Waals surface area contributed by atoms with E-state index in [4.69, 9.17) is 34.8 Å². The summed E-state index contributed by atoms with van der Waals surface area (Å²) in [4.78, 5) is 24.7. The Kier molecular flexibility index (Phi) is 6.31. The summed E-state index contributed by atoms with van der Waals surface area (Å²) in [5.41, 5.74) is -0.517. The molecule has 2 aliphatic carbocycles. The van der Waals surface area contributed by atoms with E-state index in [0.29, 0.717) is 28.4 Å². The first-order valence-corrected chi connectivity index (χ1v) is 11.1. The molecule has 0 aromatic heterocycles. The highest BCUT2D eigenvalue weighted by Crippen LogP contribution is 2.65. The van der Waals surface area contributed by atoms with Crippen LogP contribution in [0.25, 0.3) is 0 Å². The number of nitrogens with one attached hydrogen (secondary N) is 2. The predicted molar refractivity (Wildman–Crippen MR) is 117 cm³/mol. The van der Waals surface area contributed by atoms with Crippen molar-refractivity contribution in [3.05, 3.63) is 63.9 Å². The number of hydrogen-bond donors (Lipinski definition) is 2. The number of alkyl halides is 5. The molecule has 0 aliphatic heterocycles. The minimum Gasteiger partial charge on any atom is -0.352 e. The van der Waals surface area contributed by atoms with Crippen molar-refractivity contribution in [2.24, 2.45) is 11.8 Å². The van der Waals surface area contributed by atoms with Crippen molar-refractivity contribution in [1.29, 1.82) is 0 Å². The molecule has 11 heteroatoms. The third kappa shape index (κ3) is 5.08. The molecule has 0 radical (unpaired) electrons. The minimum atomic E-state index is -4.90. The van der Waals surface area contributed by atoms with Crippen LogP contribution < -0.4 is 10.6 Å². The van der Waals surface area contributed by atoms with Crippen LogP contribution in [0, 0.1) is 17.7 Å². The molecular formula is C22H17Cl3F4N2O2. The van der Waals surface area contributed by atoms with Gasteiger partial charge in [0, 0.05) is 29.1 Å². The molecule has 2 saturated carbocycles. The number of anilines is 1. The summed E-state index contributed by atoms with van der Waals surface area (Å²) in [5, 5.41) is 5.80. The maximum atomic E-state index is 13.6. The van der Waals surface area contributed by atoms with Crippen molar-refractivity contribution < 1.29 is 27.2 Å². The molecule has 0 heterocycles. The smallest absolute Gasteiger partial charge is 0.352 e.